The monoisotopic (exact) mass is 316 g/mol. The molecule has 0 saturated heterocycles. The first-order valence-corrected chi connectivity index (χ1v) is 7.78. The number of aliphatic carboxylic acids is 2. The van der Waals surface area contributed by atoms with Crippen LogP contribution in [0.4, 0.5) is 0 Å². The summed E-state index contributed by atoms with van der Waals surface area (Å²) in [6, 6.07) is 9.06. The van der Waals surface area contributed by atoms with Crippen LogP contribution in [0.1, 0.15) is 24.8 Å². The highest BCUT2D eigenvalue weighted by Gasteiger charge is 2.70. The molecule has 1 aromatic rings. The second-order valence-electron chi connectivity index (χ2n) is 6.62. The van der Waals surface area contributed by atoms with Gasteiger partial charge >= 0.3 is 11.9 Å². The Morgan fingerprint density at radius 3 is 2.39 bits per heavy atom. The van der Waals surface area contributed by atoms with Gasteiger partial charge in [0, 0.05) is 5.92 Å². The first-order chi connectivity index (χ1) is 10.9. The third kappa shape index (κ3) is 2.10. The van der Waals surface area contributed by atoms with Gasteiger partial charge in [-0.05, 0) is 31.2 Å². The van der Waals surface area contributed by atoms with Crippen LogP contribution in [-0.2, 0) is 16.0 Å². The van der Waals surface area contributed by atoms with E-state index in [0.29, 0.717) is 6.42 Å². The van der Waals surface area contributed by atoms with Crippen molar-refractivity contribution in [1.82, 2.24) is 0 Å². The molecule has 5 heteroatoms. The number of fused-ring (bicyclic) bond motifs is 1. The third-order valence-corrected chi connectivity index (χ3v) is 5.65. The minimum atomic E-state index is -1.50. The standard InChI is InChI=1S/C18H20O5/c19-14-11-17(15(20)21,10-12-6-2-1-3-7-12)18(16(22)23)9-5-4-8-13(14)18/h1-7,13-14,19H,8-11H2,(H,20,21)(H,22,23)/t13-,14-,17-,18+/m0/s1. The molecular weight excluding hydrogens is 296 g/mol. The summed E-state index contributed by atoms with van der Waals surface area (Å²) in [6.07, 6.45) is 3.28. The third-order valence-electron chi connectivity index (χ3n) is 5.65. The van der Waals surface area contributed by atoms with Crippen LogP contribution in [0.5, 0.6) is 0 Å². The summed E-state index contributed by atoms with van der Waals surface area (Å²) in [5.74, 6) is -2.83. The Hall–Kier alpha value is -2.14. The van der Waals surface area contributed by atoms with Crippen molar-refractivity contribution in [2.75, 3.05) is 0 Å². The van der Waals surface area contributed by atoms with Gasteiger partial charge in [-0.1, -0.05) is 42.5 Å². The largest absolute Gasteiger partial charge is 0.481 e. The van der Waals surface area contributed by atoms with Crippen molar-refractivity contribution in [1.29, 1.82) is 0 Å². The summed E-state index contributed by atoms with van der Waals surface area (Å²) in [5, 5.41) is 30.4. The molecule has 1 fully saturated rings. The summed E-state index contributed by atoms with van der Waals surface area (Å²) in [6.45, 7) is 0. The summed E-state index contributed by atoms with van der Waals surface area (Å²) in [7, 11) is 0. The first-order valence-electron chi connectivity index (χ1n) is 7.78. The van der Waals surface area contributed by atoms with Crippen molar-refractivity contribution in [2.24, 2.45) is 16.7 Å². The van der Waals surface area contributed by atoms with E-state index in [0.717, 1.165) is 5.56 Å². The van der Waals surface area contributed by atoms with E-state index in [1.807, 2.05) is 24.3 Å². The van der Waals surface area contributed by atoms with Gasteiger partial charge in [-0.15, -0.1) is 0 Å². The van der Waals surface area contributed by atoms with E-state index in [2.05, 4.69) is 0 Å². The van der Waals surface area contributed by atoms with Gasteiger partial charge in [0.2, 0.25) is 0 Å². The minimum Gasteiger partial charge on any atom is -0.481 e. The molecule has 0 amide bonds. The molecule has 3 rings (SSSR count). The number of hydrogen-bond acceptors (Lipinski definition) is 3. The second kappa shape index (κ2) is 5.49. The lowest BCUT2D eigenvalue weighted by molar-refractivity contribution is -0.175. The van der Waals surface area contributed by atoms with Crippen LogP contribution in [0, 0.1) is 16.7 Å². The number of benzene rings is 1. The molecule has 0 unspecified atom stereocenters. The average molecular weight is 316 g/mol. The van der Waals surface area contributed by atoms with Crippen LogP contribution in [0.3, 0.4) is 0 Å². The highest BCUT2D eigenvalue weighted by atomic mass is 16.4. The molecule has 122 valence electrons. The van der Waals surface area contributed by atoms with Gasteiger partial charge in [-0.3, -0.25) is 9.59 Å². The smallest absolute Gasteiger partial charge is 0.311 e. The number of carboxylic acid groups (broad SMARTS) is 2. The maximum absolute atomic E-state index is 12.2. The van der Waals surface area contributed by atoms with Crippen molar-refractivity contribution >= 4 is 11.9 Å². The Kier molecular flexibility index (Phi) is 3.76. The van der Waals surface area contributed by atoms with Gasteiger partial charge in [0.25, 0.3) is 0 Å². The van der Waals surface area contributed by atoms with Crippen molar-refractivity contribution in [2.45, 2.75) is 31.8 Å². The molecule has 2 aliphatic carbocycles. The number of rotatable bonds is 4. The summed E-state index contributed by atoms with van der Waals surface area (Å²) < 4.78 is 0. The maximum atomic E-state index is 12.2. The van der Waals surface area contributed by atoms with E-state index in [9.17, 15) is 24.9 Å². The Morgan fingerprint density at radius 2 is 1.78 bits per heavy atom. The lowest BCUT2D eigenvalue weighted by Gasteiger charge is -2.43. The van der Waals surface area contributed by atoms with E-state index in [-0.39, 0.29) is 19.3 Å². The summed E-state index contributed by atoms with van der Waals surface area (Å²) >= 11 is 0. The van der Waals surface area contributed by atoms with Gasteiger partial charge in [-0.25, -0.2) is 0 Å². The molecule has 1 saturated carbocycles. The molecule has 0 aliphatic heterocycles. The number of carbonyl (C=O) groups is 2. The van der Waals surface area contributed by atoms with Gasteiger partial charge in [0.1, 0.15) is 0 Å². The Morgan fingerprint density at radius 1 is 1.09 bits per heavy atom. The van der Waals surface area contributed by atoms with E-state index in [1.54, 1.807) is 18.2 Å². The SMILES string of the molecule is O=C(O)[C@]1(Cc2ccccc2)C[C@H](O)[C@@H]2CC=CC[C@]21C(=O)O. The summed E-state index contributed by atoms with van der Waals surface area (Å²) in [4.78, 5) is 24.4. The second-order valence-corrected chi connectivity index (χ2v) is 6.62. The van der Waals surface area contributed by atoms with Gasteiger partial charge in [0.05, 0.1) is 16.9 Å². The Labute approximate surface area is 134 Å². The molecule has 0 heterocycles. The zero-order chi connectivity index (χ0) is 16.7. The molecule has 0 spiro atoms. The van der Waals surface area contributed by atoms with Crippen LogP contribution in [-0.4, -0.2) is 33.4 Å². The molecule has 2 aliphatic rings. The van der Waals surface area contributed by atoms with Crippen LogP contribution in [0.15, 0.2) is 42.5 Å². The molecule has 0 aromatic heterocycles. The van der Waals surface area contributed by atoms with Crippen molar-refractivity contribution in [3.63, 3.8) is 0 Å². The molecule has 0 radical (unpaired) electrons. The fraction of sp³-hybridized carbons (Fsp3) is 0.444. The summed E-state index contributed by atoms with van der Waals surface area (Å²) in [5.41, 5.74) is -2.20. The van der Waals surface area contributed by atoms with Crippen molar-refractivity contribution < 1.29 is 24.9 Å². The highest BCUT2D eigenvalue weighted by Crippen LogP contribution is 2.62. The molecule has 1 aromatic carbocycles. The fourth-order valence-electron chi connectivity index (χ4n) is 4.56. The quantitative estimate of drug-likeness (QED) is 0.740. The maximum Gasteiger partial charge on any atom is 0.311 e. The lowest BCUT2D eigenvalue weighted by Crippen LogP contribution is -2.53. The molecule has 3 N–H and O–H groups in total. The molecule has 5 nitrogen and oxygen atoms in total. The van der Waals surface area contributed by atoms with E-state index < -0.39 is 34.8 Å². The number of hydrogen-bond donors (Lipinski definition) is 3. The van der Waals surface area contributed by atoms with Crippen LogP contribution >= 0.6 is 0 Å². The average Bonchev–Trinajstić information content (AvgIpc) is 2.80. The zero-order valence-electron chi connectivity index (χ0n) is 12.7. The first kappa shape index (κ1) is 15.7. The van der Waals surface area contributed by atoms with Gasteiger partial charge in [-0.2, -0.15) is 0 Å². The number of aliphatic hydroxyl groups excluding tert-OH is 1. The Bertz CT molecular complexity index is 653. The van der Waals surface area contributed by atoms with E-state index >= 15 is 0 Å². The van der Waals surface area contributed by atoms with Crippen molar-refractivity contribution in [3.8, 4) is 0 Å². The predicted octanol–water partition coefficient (Wildman–Crippen LogP) is 2.10. The highest BCUT2D eigenvalue weighted by molar-refractivity contribution is 5.89. The van der Waals surface area contributed by atoms with Gasteiger partial charge in [0.15, 0.2) is 0 Å². The number of carboxylic acids is 2. The topological polar surface area (TPSA) is 94.8 Å². The van der Waals surface area contributed by atoms with Crippen LogP contribution in [0.2, 0.25) is 0 Å². The van der Waals surface area contributed by atoms with Gasteiger partial charge < -0.3 is 15.3 Å². The molecule has 4 atom stereocenters. The molecule has 0 bridgehead atoms. The molecular formula is C18H20O5. The van der Waals surface area contributed by atoms with E-state index in [1.165, 1.54) is 0 Å². The zero-order valence-corrected chi connectivity index (χ0v) is 12.7. The molecule has 23 heavy (non-hydrogen) atoms. The number of aliphatic hydroxyl groups is 1. The van der Waals surface area contributed by atoms with Crippen LogP contribution in [0.25, 0.3) is 0 Å². The lowest BCUT2D eigenvalue weighted by atomic mass is 9.56. The normalized spacial score (nSPS) is 35.7. The Balaban J connectivity index is 2.16. The van der Waals surface area contributed by atoms with E-state index in [4.69, 9.17) is 0 Å². The fourth-order valence-corrected chi connectivity index (χ4v) is 4.56. The minimum absolute atomic E-state index is 0.0319. The number of allylic oxidation sites excluding steroid dienone is 2. The predicted molar refractivity (Wildman–Crippen MR) is 82.8 cm³/mol. The van der Waals surface area contributed by atoms with Crippen LogP contribution < -0.4 is 0 Å². The van der Waals surface area contributed by atoms with Crippen molar-refractivity contribution in [3.05, 3.63) is 48.0 Å².